The van der Waals surface area contributed by atoms with Gasteiger partial charge in [0.25, 0.3) is 0 Å². The first-order valence-corrected chi connectivity index (χ1v) is 30.6. The van der Waals surface area contributed by atoms with E-state index in [9.17, 15) is 25.2 Å². The Hall–Kier alpha value is -4.31. The SMILES string of the molecule is NC1NCC23CSSCc4c(CCC(=O)CC(O)C5C=C6CCC7CCCCC7C6CC5O)c(O)cc5c4OC4C(C#CC(O)c6ccc1c2c6C(c1c[nH]c2cn4cc12)C1(CCCC1)C3)C1(C#CO5)CCCC1. The van der Waals surface area contributed by atoms with Crippen molar-refractivity contribution < 1.29 is 34.7 Å². The Kier molecular flexibility index (Phi) is 12.0. The van der Waals surface area contributed by atoms with Crippen LogP contribution in [0.15, 0.2) is 48.4 Å². The Morgan fingerprint density at radius 3 is 2.68 bits per heavy atom. The van der Waals surface area contributed by atoms with Crippen LogP contribution in [0.3, 0.4) is 0 Å². The number of carbonyl (C=O) groups is 1. The van der Waals surface area contributed by atoms with Gasteiger partial charge < -0.3 is 45.2 Å². The van der Waals surface area contributed by atoms with Gasteiger partial charge in [-0.15, -0.1) is 0 Å². The lowest BCUT2D eigenvalue weighted by atomic mass is 9.51. The van der Waals surface area contributed by atoms with E-state index < -0.39 is 41.8 Å². The van der Waals surface area contributed by atoms with E-state index >= 15 is 0 Å². The van der Waals surface area contributed by atoms with Crippen LogP contribution in [0.4, 0.5) is 0 Å². The van der Waals surface area contributed by atoms with Crippen molar-refractivity contribution in [1.82, 2.24) is 14.9 Å². The number of phenolic OH excluding ortho intramolecular Hbond substituents is 1. The summed E-state index contributed by atoms with van der Waals surface area (Å²) in [6.07, 6.45) is 25.2. The summed E-state index contributed by atoms with van der Waals surface area (Å²) < 4.78 is 16.2. The highest BCUT2D eigenvalue weighted by Gasteiger charge is 2.58. The number of ether oxygens (including phenoxy) is 2. The molecule has 4 saturated carbocycles. The number of H-pyrrole nitrogens is 1. The van der Waals surface area contributed by atoms with Gasteiger partial charge in [0.2, 0.25) is 0 Å². The number of phenols is 1. The summed E-state index contributed by atoms with van der Waals surface area (Å²) in [5.74, 6) is 13.5. The minimum Gasteiger partial charge on any atom is -0.508 e. The molecule has 0 amide bonds. The molecular weight excluding hydrogens is 965 g/mol. The topological polar surface area (TPSA) is 175 Å². The zero-order valence-corrected chi connectivity index (χ0v) is 43.9. The molecule has 74 heavy (non-hydrogen) atoms. The molecule has 12 unspecified atom stereocenters. The molecule has 4 aromatic rings. The highest BCUT2D eigenvalue weighted by molar-refractivity contribution is 8.76. The third-order valence-corrected chi connectivity index (χ3v) is 23.1. The maximum Gasteiger partial charge on any atom is 0.191 e. The highest BCUT2D eigenvalue weighted by Crippen LogP contribution is 2.66. The summed E-state index contributed by atoms with van der Waals surface area (Å²) in [4.78, 5) is 17.9. The first kappa shape index (κ1) is 48.1. The van der Waals surface area contributed by atoms with Crippen molar-refractivity contribution in [2.24, 2.45) is 46.2 Å². The standard InChI is InChI=1S/C61H70N4O7S2/c62-57-40-14-13-39-48(67)16-15-46-58-65-28-44-43(27-63-47(44)29-65)55-53(39)54(40)61(32-64-57,31-60(55)19-5-6-20-60)33-74-73-30-45-38(51(70)26-52(56(45)72-58)71-22-21-59(46)17-3-4-18-59)12-11-36(66)24-49(68)42-23-35-10-9-34-7-1-2-8-37(34)41(35)25-50(42)69/h13-14,23,26-29,34,37,41-42,46,48-50,55,57-58,63-64,67-70H,1-12,17-20,24-25,30-33,62H2. The molecule has 12 aliphatic rings. The zero-order chi connectivity index (χ0) is 50.1. The van der Waals surface area contributed by atoms with Gasteiger partial charge in [-0.25, -0.2) is 0 Å². The van der Waals surface area contributed by atoms with E-state index in [-0.39, 0.29) is 53.7 Å². The Balaban J connectivity index is 0.881. The molecule has 11 nitrogen and oxygen atoms in total. The third kappa shape index (κ3) is 7.63. The predicted molar refractivity (Wildman–Crippen MR) is 288 cm³/mol. The molecule has 16 rings (SSSR count). The van der Waals surface area contributed by atoms with E-state index in [4.69, 9.17) is 15.2 Å². The lowest BCUT2D eigenvalue weighted by Gasteiger charge is -2.56. The molecule has 10 bridgehead atoms. The van der Waals surface area contributed by atoms with Gasteiger partial charge in [-0.3, -0.25) is 10.1 Å². The number of ketones is 1. The number of Topliss-reactive ketones (excluding diaryl/α,β-unsaturated/α-hetero) is 1. The molecule has 388 valence electrons. The fourth-order valence-electron chi connectivity index (χ4n) is 17.2. The Morgan fingerprint density at radius 2 is 1.81 bits per heavy atom. The van der Waals surface area contributed by atoms with Gasteiger partial charge in [-0.2, -0.15) is 0 Å². The number of rotatable bonds is 6. The molecule has 12 atom stereocenters. The van der Waals surface area contributed by atoms with E-state index in [1.54, 1.807) is 16.9 Å². The number of benzene rings is 2. The number of carbonyl (C=O) groups excluding carboxylic acids is 1. The average molecular weight is 1040 g/mol. The maximum absolute atomic E-state index is 14.2. The molecule has 8 heterocycles. The molecule has 6 aliphatic heterocycles. The molecule has 0 radical (unpaired) electrons. The van der Waals surface area contributed by atoms with Crippen LogP contribution in [-0.4, -0.2) is 60.3 Å². The van der Waals surface area contributed by atoms with Gasteiger partial charge in [0, 0.05) is 89.3 Å². The Bertz CT molecular complexity index is 3090. The second kappa shape index (κ2) is 18.4. The van der Waals surface area contributed by atoms with Crippen LogP contribution in [0.25, 0.3) is 10.9 Å². The van der Waals surface area contributed by atoms with E-state index in [1.165, 1.54) is 54.4 Å². The zero-order valence-electron chi connectivity index (χ0n) is 42.3. The van der Waals surface area contributed by atoms with Crippen molar-refractivity contribution in [3.05, 3.63) is 87.4 Å². The lowest BCUT2D eigenvalue weighted by Crippen LogP contribution is -2.56. The minimum atomic E-state index is -1.08. The molecular formula is C61H70N4O7S2. The van der Waals surface area contributed by atoms with E-state index in [0.29, 0.717) is 47.6 Å². The number of aromatic amines is 1. The summed E-state index contributed by atoms with van der Waals surface area (Å²) in [7, 11) is 3.54. The summed E-state index contributed by atoms with van der Waals surface area (Å²) in [6, 6.07) is 5.86. The molecule has 4 fully saturated rings. The van der Waals surface area contributed by atoms with E-state index in [1.807, 2.05) is 10.8 Å². The highest BCUT2D eigenvalue weighted by atomic mass is 33.1. The lowest BCUT2D eigenvalue weighted by molar-refractivity contribution is -0.122. The first-order chi connectivity index (χ1) is 36.0. The second-order valence-corrected chi connectivity index (χ2v) is 27.0. The number of fused-ring (bicyclic) bond motifs is 4. The maximum atomic E-state index is 14.2. The molecule has 13 heteroatoms. The number of hydrogen-bond donors (Lipinski definition) is 7. The summed E-state index contributed by atoms with van der Waals surface area (Å²) in [6.45, 7) is 0.707. The minimum absolute atomic E-state index is 0.00474. The molecule has 2 aromatic carbocycles. The van der Waals surface area contributed by atoms with Crippen molar-refractivity contribution in [1.29, 1.82) is 0 Å². The second-order valence-electron chi connectivity index (χ2n) is 24.5. The Morgan fingerprint density at radius 1 is 0.986 bits per heavy atom. The molecule has 3 spiro atoms. The monoisotopic (exact) mass is 1030 g/mol. The van der Waals surface area contributed by atoms with Crippen molar-refractivity contribution in [2.75, 3.05) is 12.3 Å². The number of aliphatic hydroxyl groups excluding tert-OH is 3. The normalized spacial score (nSPS) is 34.1. The Labute approximate surface area is 442 Å². The summed E-state index contributed by atoms with van der Waals surface area (Å²) >= 11 is 0. The van der Waals surface area contributed by atoms with Gasteiger partial charge in [0.15, 0.2) is 17.7 Å². The van der Waals surface area contributed by atoms with Crippen LogP contribution in [0.1, 0.15) is 179 Å². The van der Waals surface area contributed by atoms with E-state index in [2.05, 4.69) is 75.5 Å². The molecule has 0 saturated heterocycles. The number of aromatic hydroxyl groups is 1. The van der Waals surface area contributed by atoms with Gasteiger partial charge in [-0.1, -0.05) is 108 Å². The van der Waals surface area contributed by atoms with Gasteiger partial charge in [0.05, 0.1) is 35.2 Å². The van der Waals surface area contributed by atoms with Crippen LogP contribution in [0, 0.1) is 64.3 Å². The number of nitrogens with two attached hydrogens (primary N) is 1. The summed E-state index contributed by atoms with van der Waals surface area (Å²) in [5.41, 5.74) is 15.4. The van der Waals surface area contributed by atoms with Crippen molar-refractivity contribution in [3.63, 3.8) is 0 Å². The predicted octanol–water partition coefficient (Wildman–Crippen LogP) is 10.4. The van der Waals surface area contributed by atoms with Crippen LogP contribution >= 0.6 is 21.6 Å². The smallest absolute Gasteiger partial charge is 0.191 e. The van der Waals surface area contributed by atoms with Crippen LogP contribution in [0.5, 0.6) is 17.2 Å². The van der Waals surface area contributed by atoms with Crippen molar-refractivity contribution in [3.8, 4) is 41.1 Å². The van der Waals surface area contributed by atoms with Crippen LogP contribution in [-0.2, 0) is 22.4 Å². The molecule has 8 N–H and O–H groups in total. The molecule has 6 aliphatic carbocycles. The van der Waals surface area contributed by atoms with Crippen molar-refractivity contribution in [2.45, 2.75) is 170 Å². The van der Waals surface area contributed by atoms with Gasteiger partial charge in [0.1, 0.15) is 23.7 Å². The quantitative estimate of drug-likeness (QED) is 0.0556. The van der Waals surface area contributed by atoms with E-state index in [0.717, 1.165) is 103 Å². The van der Waals surface area contributed by atoms with Crippen molar-refractivity contribution >= 4 is 38.3 Å². The number of hydrogen-bond acceptors (Lipinski definition) is 11. The number of aliphatic hydroxyl groups is 3. The van der Waals surface area contributed by atoms with Gasteiger partial charge in [-0.05, 0) is 115 Å². The number of nitrogens with zero attached hydrogens (tertiary/aromatic N) is 1. The first-order valence-electron chi connectivity index (χ1n) is 28.1. The molecule has 2 aromatic heterocycles. The van der Waals surface area contributed by atoms with Crippen LogP contribution < -0.4 is 20.5 Å². The fourth-order valence-corrected chi connectivity index (χ4v) is 19.9. The average Bonchev–Trinajstić information content (AvgIpc) is 4.26. The van der Waals surface area contributed by atoms with Gasteiger partial charge >= 0.3 is 0 Å². The third-order valence-electron chi connectivity index (χ3n) is 20.6. The number of allylic oxidation sites excluding steroid dienone is 1. The largest absolute Gasteiger partial charge is 0.508 e. The summed E-state index contributed by atoms with van der Waals surface area (Å²) in [5, 5.41) is 53.1. The van der Waals surface area contributed by atoms with Crippen LogP contribution in [0.2, 0.25) is 0 Å². The number of aromatic nitrogens is 2. The number of nitrogens with one attached hydrogen (secondary N) is 2. The fraction of sp³-hybridized carbons (Fsp3) is 0.590.